The Morgan fingerprint density at radius 2 is 0.427 bits per heavy atom. The lowest BCUT2D eigenvalue weighted by molar-refractivity contribution is -0.169. The van der Waals surface area contributed by atoms with E-state index >= 15 is 0 Å². The Morgan fingerprint density at radius 1 is 0.244 bits per heavy atom. The van der Waals surface area contributed by atoms with Crippen LogP contribution in [0.4, 0.5) is 34.1 Å². The van der Waals surface area contributed by atoms with Crippen LogP contribution in [-0.4, -0.2) is 51.6 Å². The van der Waals surface area contributed by atoms with Gasteiger partial charge in [0.15, 0.2) is 25.2 Å². The highest BCUT2D eigenvalue weighted by Crippen LogP contribution is 2.40. The lowest BCUT2D eigenvalue weighted by Gasteiger charge is -2.27. The molecule has 4 saturated heterocycles. The van der Waals surface area contributed by atoms with Crippen molar-refractivity contribution in [2.24, 2.45) is 0 Å². The average Bonchev–Trinajstić information content (AvgIpc) is 3.74. The number of nitrogens with zero attached hydrogens (tertiary/aromatic N) is 2. The third-order valence-corrected chi connectivity index (χ3v) is 16.1. The highest BCUT2D eigenvalue weighted by Gasteiger charge is 2.20. The Kier molecular flexibility index (Phi) is 18.9. The molecule has 0 bridgehead atoms. The number of hydrogen-bond donors (Lipinski definition) is 0. The van der Waals surface area contributed by atoms with E-state index in [0.717, 1.165) is 193 Å². The monoisotopic (exact) mass is 1100 g/mol. The molecule has 10 heteroatoms. The van der Waals surface area contributed by atoms with Gasteiger partial charge in [0.05, 0.1) is 26.4 Å². The summed E-state index contributed by atoms with van der Waals surface area (Å²) in [6.07, 6.45) is 12.3. The third-order valence-electron chi connectivity index (χ3n) is 16.1. The molecule has 0 aromatic heterocycles. The van der Waals surface area contributed by atoms with Gasteiger partial charge >= 0.3 is 0 Å². The van der Waals surface area contributed by atoms with Crippen LogP contribution in [0.25, 0.3) is 33.4 Å². The van der Waals surface area contributed by atoms with E-state index in [2.05, 4.69) is 204 Å². The summed E-state index contributed by atoms with van der Waals surface area (Å²) in [6.45, 7) is 5.21. The molecule has 12 rings (SSSR count). The van der Waals surface area contributed by atoms with Crippen LogP contribution in [-0.2, 0) is 64.3 Å². The average molecular weight is 1100 g/mol. The maximum atomic E-state index is 6.17. The van der Waals surface area contributed by atoms with Gasteiger partial charge in [-0.3, -0.25) is 0 Å². The Morgan fingerprint density at radius 3 is 0.622 bits per heavy atom. The second kappa shape index (κ2) is 27.9. The minimum absolute atomic E-state index is 0.104. The van der Waals surface area contributed by atoms with Crippen molar-refractivity contribution in [3.05, 3.63) is 216 Å². The number of anilines is 6. The molecule has 0 saturated carbocycles. The van der Waals surface area contributed by atoms with E-state index in [1.165, 1.54) is 0 Å². The van der Waals surface area contributed by atoms with E-state index in [1.54, 1.807) is 0 Å². The third kappa shape index (κ3) is 14.6. The molecule has 8 aromatic rings. The molecular formula is C72H76N2O8. The predicted molar refractivity (Wildman–Crippen MR) is 326 cm³/mol. The van der Waals surface area contributed by atoms with Crippen LogP contribution in [0.3, 0.4) is 0 Å². The molecule has 4 unspecified atom stereocenters. The number of benzene rings is 8. The second-order valence-corrected chi connectivity index (χ2v) is 22.0. The highest BCUT2D eigenvalue weighted by molar-refractivity contribution is 5.82. The van der Waals surface area contributed by atoms with Crippen LogP contribution in [0.2, 0.25) is 0 Å². The Labute approximate surface area is 484 Å². The van der Waals surface area contributed by atoms with Gasteiger partial charge in [0.2, 0.25) is 0 Å². The van der Waals surface area contributed by atoms with Crippen LogP contribution >= 0.6 is 0 Å². The first-order valence-corrected chi connectivity index (χ1v) is 29.9. The molecule has 422 valence electrons. The number of hydrogen-bond acceptors (Lipinski definition) is 10. The first kappa shape index (κ1) is 55.6. The zero-order chi connectivity index (χ0) is 55.1. The van der Waals surface area contributed by atoms with Crippen molar-refractivity contribution in [2.45, 2.75) is 129 Å². The lowest BCUT2D eigenvalue weighted by Crippen LogP contribution is -2.22. The van der Waals surface area contributed by atoms with E-state index in [0.29, 0.717) is 26.4 Å². The fourth-order valence-corrected chi connectivity index (χ4v) is 11.3. The summed E-state index contributed by atoms with van der Waals surface area (Å²) in [5, 5.41) is 0. The van der Waals surface area contributed by atoms with Crippen LogP contribution in [0.1, 0.15) is 99.3 Å². The Hall–Kier alpha value is -6.96. The van der Waals surface area contributed by atoms with E-state index < -0.39 is 0 Å². The summed E-state index contributed by atoms with van der Waals surface area (Å²) >= 11 is 0. The highest BCUT2D eigenvalue weighted by atomic mass is 16.7. The van der Waals surface area contributed by atoms with Crippen molar-refractivity contribution in [1.82, 2.24) is 0 Å². The zero-order valence-electron chi connectivity index (χ0n) is 47.1. The Bertz CT molecular complexity index is 2960. The lowest BCUT2D eigenvalue weighted by atomic mass is 10.0. The molecule has 0 amide bonds. The first-order valence-electron chi connectivity index (χ1n) is 29.9. The molecule has 0 spiro atoms. The van der Waals surface area contributed by atoms with Gasteiger partial charge in [0.25, 0.3) is 0 Å². The van der Waals surface area contributed by atoms with Crippen molar-refractivity contribution in [3.63, 3.8) is 0 Å². The fraction of sp³-hybridized carbons (Fsp3) is 0.333. The van der Waals surface area contributed by atoms with E-state index in [-0.39, 0.29) is 25.2 Å². The molecule has 4 aliphatic heterocycles. The van der Waals surface area contributed by atoms with Crippen molar-refractivity contribution in [1.29, 1.82) is 0 Å². The minimum Gasteiger partial charge on any atom is -0.353 e. The second-order valence-electron chi connectivity index (χ2n) is 22.0. The zero-order valence-corrected chi connectivity index (χ0v) is 47.1. The van der Waals surface area contributed by atoms with Crippen molar-refractivity contribution in [3.8, 4) is 33.4 Å². The summed E-state index contributed by atoms with van der Waals surface area (Å²) in [4.78, 5) is 4.64. The van der Waals surface area contributed by atoms with Crippen molar-refractivity contribution in [2.75, 3.05) is 36.2 Å². The quantitative estimate of drug-likeness (QED) is 0.0694. The molecule has 0 aliphatic carbocycles. The first-order chi connectivity index (χ1) is 40.6. The molecule has 4 atom stereocenters. The number of rotatable bonds is 21. The summed E-state index contributed by atoms with van der Waals surface area (Å²) in [5.41, 5.74) is 17.8. The Balaban J connectivity index is 0.775. The molecule has 82 heavy (non-hydrogen) atoms. The standard InChI is InChI=1S/C72H76N2O8/c1-5-45-75-69(9-1)79-49-53-13-21-57(22-14-53)59-25-37-65(38-26-59)73(63-33-17-55(18-34-63)51-81-71-11-3-7-47-77-71)67-41-29-61(30-42-67)62-31-43-68(44-32-62)74(64-35-19-56(20-36-64)52-82-72-12-4-8-48-78-72)66-39-27-60(28-40-66)58-23-15-54(16-24-58)50-80-70-10-2-6-46-76-70/h13-44,69-72H,1-12,45-52H2. The maximum Gasteiger partial charge on any atom is 0.158 e. The van der Waals surface area contributed by atoms with Crippen molar-refractivity contribution < 1.29 is 37.9 Å². The molecular weight excluding hydrogens is 1020 g/mol. The molecule has 4 aliphatic rings. The van der Waals surface area contributed by atoms with Gasteiger partial charge in [-0.15, -0.1) is 0 Å². The molecule has 4 heterocycles. The molecule has 8 aromatic carbocycles. The smallest absolute Gasteiger partial charge is 0.158 e. The summed E-state index contributed by atoms with van der Waals surface area (Å²) in [5.74, 6) is 0. The molecule has 0 radical (unpaired) electrons. The molecule has 10 nitrogen and oxygen atoms in total. The van der Waals surface area contributed by atoms with Gasteiger partial charge in [-0.1, -0.05) is 121 Å². The normalized spacial score (nSPS) is 19.4. The van der Waals surface area contributed by atoms with Crippen LogP contribution in [0.5, 0.6) is 0 Å². The maximum absolute atomic E-state index is 6.17. The largest absolute Gasteiger partial charge is 0.353 e. The summed E-state index contributed by atoms with van der Waals surface area (Å²) in [6, 6.07) is 70.3. The van der Waals surface area contributed by atoms with Gasteiger partial charge in [-0.05, 0) is 205 Å². The topological polar surface area (TPSA) is 80.3 Å². The number of ether oxygens (including phenoxy) is 8. The van der Waals surface area contributed by atoms with Gasteiger partial charge in [-0.2, -0.15) is 0 Å². The van der Waals surface area contributed by atoms with Gasteiger partial charge < -0.3 is 47.7 Å². The van der Waals surface area contributed by atoms with E-state index in [4.69, 9.17) is 37.9 Å². The van der Waals surface area contributed by atoms with E-state index in [1.807, 2.05) is 0 Å². The van der Waals surface area contributed by atoms with E-state index in [9.17, 15) is 0 Å². The van der Waals surface area contributed by atoms with Crippen LogP contribution in [0.15, 0.2) is 194 Å². The van der Waals surface area contributed by atoms with Crippen LogP contribution in [0, 0.1) is 0 Å². The van der Waals surface area contributed by atoms with Crippen molar-refractivity contribution >= 4 is 34.1 Å². The minimum atomic E-state index is -0.135. The van der Waals surface area contributed by atoms with Gasteiger partial charge in [0, 0.05) is 60.6 Å². The summed E-state index contributed by atoms with van der Waals surface area (Å²) in [7, 11) is 0. The molecule has 4 fully saturated rings. The van der Waals surface area contributed by atoms with Gasteiger partial charge in [-0.25, -0.2) is 0 Å². The molecule has 0 N–H and O–H groups in total. The predicted octanol–water partition coefficient (Wildman–Crippen LogP) is 17.8. The van der Waals surface area contributed by atoms with Gasteiger partial charge in [0.1, 0.15) is 0 Å². The SMILES string of the molecule is c1cc(-c2ccc(N(c3ccc(COC4CCCCO4)cc3)c3ccc(-c4ccc(N(c5ccc(COC6CCCCO6)cc5)c5ccc(-c6ccc(COC7CCCCO7)cc6)cc5)cc4)cc3)cc2)ccc1COC1CCCCO1. The summed E-state index contributed by atoms with van der Waals surface area (Å²) < 4.78 is 47.8. The fourth-order valence-electron chi connectivity index (χ4n) is 11.3. The van der Waals surface area contributed by atoms with Crippen LogP contribution < -0.4 is 9.80 Å².